The van der Waals surface area contributed by atoms with Crippen LogP contribution in [0.5, 0.6) is 0 Å². The van der Waals surface area contributed by atoms with Gasteiger partial charge >= 0.3 is 5.97 Å². The molecule has 0 amide bonds. The SMILES string of the molecule is Cc1cccc(C2N(C)c3nc(C(=O)O)nc(NC(CCCO)C4CCC4)c3N2Cc2ccc(Cl)cc2)c1. The molecule has 1 saturated carbocycles. The Hall–Kier alpha value is -3.36. The number of aliphatic hydroxyl groups excluding tert-OH is 1. The number of aromatic nitrogens is 2. The van der Waals surface area contributed by atoms with Gasteiger partial charge in [0.15, 0.2) is 11.6 Å². The van der Waals surface area contributed by atoms with Crippen LogP contribution in [0.3, 0.4) is 0 Å². The maximum atomic E-state index is 12.1. The smallest absolute Gasteiger partial charge is 0.374 e. The molecule has 1 aliphatic carbocycles. The topological polar surface area (TPSA) is 102 Å². The molecule has 2 unspecified atom stereocenters. The number of aromatic carboxylic acids is 1. The standard InChI is InChI=1S/C29H34ClN5O3/c1-18-6-3-9-21(16-18)28-34(2)27-24(35(28)17-19-11-13-22(30)14-12-19)25(32-26(33-27)29(37)38)31-23(10-5-15-36)20-7-4-8-20/h3,6,9,11-14,16,20,23,28,36H,4-5,7-8,10,15,17H2,1-2H3,(H,37,38)(H,31,32,33). The number of benzene rings is 2. The monoisotopic (exact) mass is 535 g/mol. The highest BCUT2D eigenvalue weighted by molar-refractivity contribution is 6.30. The van der Waals surface area contributed by atoms with Crippen molar-refractivity contribution in [2.75, 3.05) is 28.8 Å². The second-order valence-electron chi connectivity index (χ2n) is 10.3. The molecule has 2 heterocycles. The molecular formula is C29H34ClN5O3. The van der Waals surface area contributed by atoms with Crippen molar-refractivity contribution in [3.05, 3.63) is 76.1 Å². The van der Waals surface area contributed by atoms with Crippen LogP contribution < -0.4 is 15.1 Å². The molecule has 38 heavy (non-hydrogen) atoms. The summed E-state index contributed by atoms with van der Waals surface area (Å²) in [4.78, 5) is 25.4. The van der Waals surface area contributed by atoms with Gasteiger partial charge in [-0.05, 0) is 61.8 Å². The van der Waals surface area contributed by atoms with Crippen molar-refractivity contribution in [2.45, 2.75) is 57.8 Å². The first-order valence-electron chi connectivity index (χ1n) is 13.2. The van der Waals surface area contributed by atoms with Crippen LogP contribution in [-0.4, -0.2) is 45.8 Å². The third-order valence-corrected chi connectivity index (χ3v) is 7.91. The quantitative estimate of drug-likeness (QED) is 0.306. The molecule has 1 aromatic heterocycles. The Morgan fingerprint density at radius 3 is 2.58 bits per heavy atom. The summed E-state index contributed by atoms with van der Waals surface area (Å²) in [6.07, 6.45) is 4.67. The second kappa shape index (κ2) is 11.2. The number of hydrogen-bond acceptors (Lipinski definition) is 7. The molecule has 3 N–H and O–H groups in total. The van der Waals surface area contributed by atoms with E-state index in [0.29, 0.717) is 35.5 Å². The van der Waals surface area contributed by atoms with Crippen molar-refractivity contribution in [3.63, 3.8) is 0 Å². The van der Waals surface area contributed by atoms with E-state index in [1.165, 1.54) is 6.42 Å². The van der Waals surface area contributed by atoms with Crippen molar-refractivity contribution in [2.24, 2.45) is 5.92 Å². The number of halogens is 1. The number of nitrogens with zero attached hydrogens (tertiary/aromatic N) is 4. The van der Waals surface area contributed by atoms with Crippen molar-refractivity contribution in [1.82, 2.24) is 9.97 Å². The number of carbonyl (C=O) groups is 1. The van der Waals surface area contributed by atoms with Gasteiger partial charge in [-0.25, -0.2) is 14.8 Å². The molecule has 2 aromatic carbocycles. The second-order valence-corrected chi connectivity index (χ2v) is 10.8. The molecule has 3 aromatic rings. The summed E-state index contributed by atoms with van der Waals surface area (Å²) in [5.74, 6) is 0.178. The van der Waals surface area contributed by atoms with Crippen LogP contribution in [0.15, 0.2) is 48.5 Å². The van der Waals surface area contributed by atoms with Crippen LogP contribution >= 0.6 is 11.6 Å². The zero-order chi connectivity index (χ0) is 26.8. The molecule has 1 fully saturated rings. The molecule has 0 spiro atoms. The molecule has 200 valence electrons. The number of aryl methyl sites for hydroxylation is 1. The Balaban J connectivity index is 1.63. The van der Waals surface area contributed by atoms with Gasteiger partial charge in [0.05, 0.1) is 0 Å². The summed E-state index contributed by atoms with van der Waals surface area (Å²) >= 11 is 6.17. The van der Waals surface area contributed by atoms with Gasteiger partial charge in [-0.2, -0.15) is 0 Å². The van der Waals surface area contributed by atoms with E-state index in [2.05, 4.69) is 45.3 Å². The predicted octanol–water partition coefficient (Wildman–Crippen LogP) is 5.64. The van der Waals surface area contributed by atoms with Crippen molar-refractivity contribution < 1.29 is 15.0 Å². The number of rotatable bonds is 10. The highest BCUT2D eigenvalue weighted by Crippen LogP contribution is 2.49. The summed E-state index contributed by atoms with van der Waals surface area (Å²) in [7, 11) is 1.95. The molecule has 0 bridgehead atoms. The summed E-state index contributed by atoms with van der Waals surface area (Å²) in [5.41, 5.74) is 4.07. The maximum Gasteiger partial charge on any atom is 0.374 e. The number of fused-ring (bicyclic) bond motifs is 1. The Morgan fingerprint density at radius 1 is 1.18 bits per heavy atom. The predicted molar refractivity (Wildman–Crippen MR) is 150 cm³/mol. The molecule has 0 radical (unpaired) electrons. The summed E-state index contributed by atoms with van der Waals surface area (Å²) < 4.78 is 0. The Morgan fingerprint density at radius 2 is 1.95 bits per heavy atom. The minimum atomic E-state index is -1.16. The van der Waals surface area contributed by atoms with Gasteiger partial charge in [0.1, 0.15) is 11.9 Å². The summed E-state index contributed by atoms with van der Waals surface area (Å²) in [5, 5.41) is 23.7. The molecule has 0 saturated heterocycles. The molecule has 9 heteroatoms. The molecule has 8 nitrogen and oxygen atoms in total. The van der Waals surface area contributed by atoms with E-state index in [4.69, 9.17) is 11.6 Å². The lowest BCUT2D eigenvalue weighted by Gasteiger charge is -2.36. The van der Waals surface area contributed by atoms with E-state index < -0.39 is 5.97 Å². The van der Waals surface area contributed by atoms with Gasteiger partial charge in [0, 0.05) is 31.3 Å². The van der Waals surface area contributed by atoms with Crippen LogP contribution in [0.2, 0.25) is 5.02 Å². The van der Waals surface area contributed by atoms with Crippen molar-refractivity contribution in [1.29, 1.82) is 0 Å². The first kappa shape index (κ1) is 26.3. The Kier molecular flexibility index (Phi) is 7.72. The van der Waals surface area contributed by atoms with Gasteiger partial charge < -0.3 is 25.3 Å². The van der Waals surface area contributed by atoms with Crippen LogP contribution in [0.25, 0.3) is 0 Å². The number of carboxylic acid groups (broad SMARTS) is 1. The van der Waals surface area contributed by atoms with E-state index in [1.54, 1.807) is 0 Å². The van der Waals surface area contributed by atoms with Crippen LogP contribution in [-0.2, 0) is 6.54 Å². The van der Waals surface area contributed by atoms with Crippen LogP contribution in [0.4, 0.5) is 17.3 Å². The van der Waals surface area contributed by atoms with E-state index in [9.17, 15) is 15.0 Å². The van der Waals surface area contributed by atoms with Crippen LogP contribution in [0, 0.1) is 12.8 Å². The van der Waals surface area contributed by atoms with Crippen molar-refractivity contribution in [3.8, 4) is 0 Å². The van der Waals surface area contributed by atoms with E-state index in [0.717, 1.165) is 41.6 Å². The lowest BCUT2D eigenvalue weighted by Crippen LogP contribution is -2.36. The normalized spacial score (nSPS) is 17.7. The highest BCUT2D eigenvalue weighted by Gasteiger charge is 2.40. The van der Waals surface area contributed by atoms with E-state index in [-0.39, 0.29) is 24.6 Å². The number of aliphatic hydroxyl groups is 1. The largest absolute Gasteiger partial charge is 0.475 e. The van der Waals surface area contributed by atoms with Gasteiger partial charge in [-0.15, -0.1) is 0 Å². The summed E-state index contributed by atoms with van der Waals surface area (Å²) in [6.45, 7) is 2.74. The number of carboxylic acids is 1. The molecule has 2 aliphatic rings. The highest BCUT2D eigenvalue weighted by atomic mass is 35.5. The van der Waals surface area contributed by atoms with Gasteiger partial charge in [-0.1, -0.05) is 60.0 Å². The van der Waals surface area contributed by atoms with Crippen molar-refractivity contribution >= 4 is 34.9 Å². The molecule has 2 atom stereocenters. The fraction of sp³-hybridized carbons (Fsp3) is 0.414. The average molecular weight is 536 g/mol. The lowest BCUT2D eigenvalue weighted by molar-refractivity contribution is 0.0683. The fourth-order valence-corrected chi connectivity index (χ4v) is 5.66. The molecule has 5 rings (SSSR count). The Labute approximate surface area is 228 Å². The zero-order valence-electron chi connectivity index (χ0n) is 21.8. The third kappa shape index (κ3) is 5.28. The minimum Gasteiger partial charge on any atom is -0.475 e. The Bertz CT molecular complexity index is 1300. The van der Waals surface area contributed by atoms with E-state index >= 15 is 0 Å². The molecular weight excluding hydrogens is 502 g/mol. The third-order valence-electron chi connectivity index (χ3n) is 7.66. The lowest BCUT2D eigenvalue weighted by atomic mass is 9.78. The van der Waals surface area contributed by atoms with Gasteiger partial charge in [0.25, 0.3) is 0 Å². The number of anilines is 3. The van der Waals surface area contributed by atoms with E-state index in [1.807, 2.05) is 42.3 Å². The first-order valence-corrected chi connectivity index (χ1v) is 13.6. The van der Waals surface area contributed by atoms with Gasteiger partial charge in [0.2, 0.25) is 5.82 Å². The average Bonchev–Trinajstić information content (AvgIpc) is 3.14. The summed E-state index contributed by atoms with van der Waals surface area (Å²) in [6, 6.07) is 16.2. The fourth-order valence-electron chi connectivity index (χ4n) is 5.54. The number of hydrogen-bond donors (Lipinski definition) is 3. The first-order chi connectivity index (χ1) is 18.4. The minimum absolute atomic E-state index is 0.0947. The van der Waals surface area contributed by atoms with Gasteiger partial charge in [-0.3, -0.25) is 0 Å². The zero-order valence-corrected chi connectivity index (χ0v) is 22.5. The number of nitrogens with one attached hydrogen (secondary N) is 1. The molecule has 1 aliphatic heterocycles. The van der Waals surface area contributed by atoms with Crippen LogP contribution in [0.1, 0.15) is 65.6 Å². The maximum absolute atomic E-state index is 12.1.